The lowest BCUT2D eigenvalue weighted by molar-refractivity contribution is 0.594. The first-order valence-electron chi connectivity index (χ1n) is 4.47. The summed E-state index contributed by atoms with van der Waals surface area (Å²) in [6.45, 7) is 1.84. The maximum absolute atomic E-state index is 11.7. The van der Waals surface area contributed by atoms with Crippen LogP contribution in [0.15, 0.2) is 23.2 Å². The van der Waals surface area contributed by atoms with Gasteiger partial charge in [-0.3, -0.25) is 0 Å². The van der Waals surface area contributed by atoms with Gasteiger partial charge in [0.15, 0.2) is 9.84 Å². The molecule has 0 atom stereocenters. The van der Waals surface area contributed by atoms with Crippen LogP contribution >= 0.6 is 0 Å². The van der Waals surface area contributed by atoms with Gasteiger partial charge in [0, 0.05) is 13.2 Å². The summed E-state index contributed by atoms with van der Waals surface area (Å²) < 4.78 is 23.5. The van der Waals surface area contributed by atoms with E-state index in [1.165, 1.54) is 0 Å². The Morgan fingerprint density at radius 1 is 1.50 bits per heavy atom. The predicted octanol–water partition coefficient (Wildman–Crippen LogP) is 1.31. The van der Waals surface area contributed by atoms with Gasteiger partial charge in [-0.25, -0.2) is 13.4 Å². The van der Waals surface area contributed by atoms with Gasteiger partial charge in [-0.15, -0.1) is 0 Å². The van der Waals surface area contributed by atoms with Gasteiger partial charge < -0.3 is 5.32 Å². The van der Waals surface area contributed by atoms with E-state index < -0.39 is 9.84 Å². The van der Waals surface area contributed by atoms with Crippen molar-refractivity contribution in [2.45, 2.75) is 18.2 Å². The third-order valence-electron chi connectivity index (χ3n) is 1.82. The van der Waals surface area contributed by atoms with Crippen LogP contribution < -0.4 is 5.32 Å². The molecule has 1 aromatic rings. The summed E-state index contributed by atoms with van der Waals surface area (Å²) in [4.78, 5) is 4.24. The fraction of sp³-hybridized carbons (Fsp3) is 0.444. The summed E-state index contributed by atoms with van der Waals surface area (Å²) >= 11 is 0. The Hall–Kier alpha value is -1.10. The monoisotopic (exact) mass is 214 g/mol. The van der Waals surface area contributed by atoms with Crippen molar-refractivity contribution in [3.63, 3.8) is 0 Å². The summed E-state index contributed by atoms with van der Waals surface area (Å²) in [7, 11) is -1.52. The molecule has 0 spiro atoms. The van der Waals surface area contributed by atoms with Gasteiger partial charge in [-0.2, -0.15) is 0 Å². The summed E-state index contributed by atoms with van der Waals surface area (Å²) in [5.74, 6) is 0.578. The topological polar surface area (TPSA) is 59.1 Å². The summed E-state index contributed by atoms with van der Waals surface area (Å²) in [6, 6.07) is 3.20. The van der Waals surface area contributed by atoms with Crippen molar-refractivity contribution in [1.29, 1.82) is 0 Å². The van der Waals surface area contributed by atoms with Crippen LogP contribution in [0.4, 0.5) is 5.82 Å². The maximum atomic E-state index is 11.7. The fourth-order valence-electron chi connectivity index (χ4n) is 1.21. The standard InChI is InChI=1S/C9H14N2O2S/c1-3-7-14(12,13)8-5-4-6-11-9(8)10-2/h4-6H,3,7H2,1-2H3,(H,10,11). The van der Waals surface area contributed by atoms with Crippen molar-refractivity contribution in [3.05, 3.63) is 18.3 Å². The van der Waals surface area contributed by atoms with E-state index in [0.717, 1.165) is 0 Å². The van der Waals surface area contributed by atoms with E-state index in [1.807, 2.05) is 6.92 Å². The Morgan fingerprint density at radius 2 is 2.21 bits per heavy atom. The summed E-state index contributed by atoms with van der Waals surface area (Å²) in [5.41, 5.74) is 0. The molecule has 0 saturated carbocycles. The molecule has 4 nitrogen and oxygen atoms in total. The lowest BCUT2D eigenvalue weighted by Crippen LogP contribution is -2.09. The highest BCUT2D eigenvalue weighted by Gasteiger charge is 2.17. The van der Waals surface area contributed by atoms with Crippen LogP contribution in [0.3, 0.4) is 0 Å². The quantitative estimate of drug-likeness (QED) is 0.821. The number of sulfone groups is 1. The molecule has 0 aliphatic rings. The van der Waals surface area contributed by atoms with E-state index in [9.17, 15) is 8.42 Å². The first-order valence-corrected chi connectivity index (χ1v) is 6.12. The number of hydrogen-bond acceptors (Lipinski definition) is 4. The Morgan fingerprint density at radius 3 is 2.79 bits per heavy atom. The first-order chi connectivity index (χ1) is 6.61. The Balaban J connectivity index is 3.18. The third kappa shape index (κ3) is 2.23. The van der Waals surface area contributed by atoms with Crippen molar-refractivity contribution in [2.75, 3.05) is 18.1 Å². The third-order valence-corrected chi connectivity index (χ3v) is 3.76. The van der Waals surface area contributed by atoms with Crippen LogP contribution in [-0.4, -0.2) is 26.2 Å². The molecule has 0 saturated heterocycles. The van der Waals surface area contributed by atoms with E-state index >= 15 is 0 Å². The molecule has 0 aliphatic carbocycles. The molecule has 0 aromatic carbocycles. The molecule has 14 heavy (non-hydrogen) atoms. The molecule has 0 fully saturated rings. The minimum absolute atomic E-state index is 0.160. The molecule has 1 rings (SSSR count). The minimum atomic E-state index is -3.18. The van der Waals surface area contributed by atoms with Crippen molar-refractivity contribution in [3.8, 4) is 0 Å². The molecule has 1 N–H and O–H groups in total. The number of pyridine rings is 1. The van der Waals surface area contributed by atoms with Crippen LogP contribution in [0.2, 0.25) is 0 Å². The molecule has 78 valence electrons. The highest BCUT2D eigenvalue weighted by Crippen LogP contribution is 2.19. The second-order valence-corrected chi connectivity index (χ2v) is 5.00. The minimum Gasteiger partial charge on any atom is -0.372 e. The maximum Gasteiger partial charge on any atom is 0.182 e. The average molecular weight is 214 g/mol. The van der Waals surface area contributed by atoms with E-state index in [1.54, 1.807) is 25.4 Å². The van der Waals surface area contributed by atoms with Gasteiger partial charge in [0.05, 0.1) is 5.75 Å². The van der Waals surface area contributed by atoms with Crippen LogP contribution in [0.5, 0.6) is 0 Å². The fourth-order valence-corrected chi connectivity index (χ4v) is 2.70. The highest BCUT2D eigenvalue weighted by molar-refractivity contribution is 7.91. The lowest BCUT2D eigenvalue weighted by Gasteiger charge is -2.07. The number of rotatable bonds is 4. The molecule has 0 radical (unpaired) electrons. The molecule has 5 heteroatoms. The molecular weight excluding hydrogens is 200 g/mol. The van der Waals surface area contributed by atoms with Crippen molar-refractivity contribution >= 4 is 15.7 Å². The molecule has 1 heterocycles. The molecular formula is C9H14N2O2S. The van der Waals surface area contributed by atoms with Crippen LogP contribution in [0, 0.1) is 0 Å². The van der Waals surface area contributed by atoms with Gasteiger partial charge >= 0.3 is 0 Å². The second-order valence-electron chi connectivity index (χ2n) is 2.92. The molecule has 0 unspecified atom stereocenters. The van der Waals surface area contributed by atoms with Gasteiger partial charge in [0.25, 0.3) is 0 Å². The predicted molar refractivity (Wildman–Crippen MR) is 56.1 cm³/mol. The SMILES string of the molecule is CCCS(=O)(=O)c1cccnc1NC. The zero-order valence-electron chi connectivity index (χ0n) is 8.32. The highest BCUT2D eigenvalue weighted by atomic mass is 32.2. The van der Waals surface area contributed by atoms with Gasteiger partial charge in [-0.05, 0) is 18.6 Å². The summed E-state index contributed by atoms with van der Waals surface area (Å²) in [5, 5.41) is 2.77. The normalized spacial score (nSPS) is 11.3. The van der Waals surface area contributed by atoms with Gasteiger partial charge in [0.1, 0.15) is 10.7 Å². The number of nitrogens with zero attached hydrogens (tertiary/aromatic N) is 1. The van der Waals surface area contributed by atoms with Crippen LogP contribution in [-0.2, 0) is 9.84 Å². The van der Waals surface area contributed by atoms with Gasteiger partial charge in [0.2, 0.25) is 0 Å². The number of hydrogen-bond donors (Lipinski definition) is 1. The smallest absolute Gasteiger partial charge is 0.182 e. The number of nitrogens with one attached hydrogen (secondary N) is 1. The second kappa shape index (κ2) is 4.41. The molecule has 0 bridgehead atoms. The zero-order valence-corrected chi connectivity index (χ0v) is 9.13. The van der Waals surface area contributed by atoms with E-state index in [0.29, 0.717) is 12.2 Å². The average Bonchev–Trinajstić information content (AvgIpc) is 2.18. The first kappa shape index (κ1) is 11.0. The number of aromatic nitrogens is 1. The van der Waals surface area contributed by atoms with Crippen molar-refractivity contribution in [1.82, 2.24) is 4.98 Å². The zero-order chi connectivity index (χ0) is 10.6. The molecule has 1 aromatic heterocycles. The Kier molecular flexibility index (Phi) is 3.46. The van der Waals surface area contributed by atoms with Gasteiger partial charge in [-0.1, -0.05) is 6.92 Å². The van der Waals surface area contributed by atoms with Crippen LogP contribution in [0.1, 0.15) is 13.3 Å². The molecule has 0 amide bonds. The van der Waals surface area contributed by atoms with E-state index in [-0.39, 0.29) is 10.6 Å². The van der Waals surface area contributed by atoms with Crippen LogP contribution in [0.25, 0.3) is 0 Å². The van der Waals surface area contributed by atoms with E-state index in [4.69, 9.17) is 0 Å². The van der Waals surface area contributed by atoms with Crippen molar-refractivity contribution < 1.29 is 8.42 Å². The Labute approximate surface area is 84.3 Å². The lowest BCUT2D eigenvalue weighted by atomic mass is 10.5. The van der Waals surface area contributed by atoms with Crippen molar-refractivity contribution in [2.24, 2.45) is 0 Å². The summed E-state index contributed by atoms with van der Waals surface area (Å²) in [6.07, 6.45) is 2.18. The largest absolute Gasteiger partial charge is 0.372 e. The number of anilines is 1. The Bertz CT molecular complexity index is 401. The van der Waals surface area contributed by atoms with E-state index in [2.05, 4.69) is 10.3 Å². The molecule has 0 aliphatic heterocycles.